The summed E-state index contributed by atoms with van der Waals surface area (Å²) in [5.74, 6) is 1.58. The Morgan fingerprint density at radius 1 is 1.29 bits per heavy atom. The van der Waals surface area contributed by atoms with Crippen molar-refractivity contribution in [2.24, 2.45) is 0 Å². The Hall–Kier alpha value is -2.23. The van der Waals surface area contributed by atoms with E-state index in [1.165, 1.54) is 0 Å². The molecule has 21 heavy (non-hydrogen) atoms. The summed E-state index contributed by atoms with van der Waals surface area (Å²) < 4.78 is 11.1. The zero-order valence-corrected chi connectivity index (χ0v) is 12.5. The van der Waals surface area contributed by atoms with Crippen LogP contribution in [0.15, 0.2) is 40.8 Å². The molecule has 4 nitrogen and oxygen atoms in total. The number of benzene rings is 1. The molecule has 1 aromatic heterocycles. The largest absolute Gasteiger partial charge is 0.486 e. The minimum Gasteiger partial charge on any atom is -0.486 e. The zero-order valence-electron chi connectivity index (χ0n) is 12.5. The van der Waals surface area contributed by atoms with Crippen LogP contribution >= 0.6 is 0 Å². The topological polar surface area (TPSA) is 51.5 Å². The molecule has 1 amide bonds. The van der Waals surface area contributed by atoms with Crippen LogP contribution in [0, 0.1) is 6.92 Å². The fourth-order valence-electron chi connectivity index (χ4n) is 1.90. The monoisotopic (exact) mass is 287 g/mol. The van der Waals surface area contributed by atoms with E-state index in [9.17, 15) is 4.79 Å². The van der Waals surface area contributed by atoms with Gasteiger partial charge in [0.05, 0.1) is 0 Å². The van der Waals surface area contributed by atoms with Crippen molar-refractivity contribution in [2.45, 2.75) is 33.3 Å². The van der Waals surface area contributed by atoms with Gasteiger partial charge in [0.15, 0.2) is 5.76 Å². The minimum absolute atomic E-state index is 0.176. The van der Waals surface area contributed by atoms with Gasteiger partial charge in [-0.05, 0) is 43.2 Å². The summed E-state index contributed by atoms with van der Waals surface area (Å²) in [5.41, 5.74) is 1.14. The summed E-state index contributed by atoms with van der Waals surface area (Å²) in [7, 11) is 0. The van der Waals surface area contributed by atoms with Gasteiger partial charge in [0.1, 0.15) is 18.1 Å². The van der Waals surface area contributed by atoms with E-state index in [4.69, 9.17) is 9.15 Å². The Balaban J connectivity index is 1.86. The first-order chi connectivity index (χ1) is 10.2. The molecule has 0 atom stereocenters. The number of ether oxygens (including phenoxy) is 1. The van der Waals surface area contributed by atoms with E-state index in [2.05, 4.69) is 12.2 Å². The van der Waals surface area contributed by atoms with Crippen LogP contribution in [-0.2, 0) is 6.61 Å². The minimum atomic E-state index is -0.176. The Kier molecular flexibility index (Phi) is 5.43. The lowest BCUT2D eigenvalue weighted by Crippen LogP contribution is -2.23. The highest BCUT2D eigenvalue weighted by molar-refractivity contribution is 5.91. The summed E-state index contributed by atoms with van der Waals surface area (Å²) in [6.07, 6.45) is 2.02. The van der Waals surface area contributed by atoms with Crippen molar-refractivity contribution in [1.29, 1.82) is 0 Å². The molecular formula is C17H21NO3. The van der Waals surface area contributed by atoms with Crippen LogP contribution in [0.1, 0.15) is 41.6 Å². The normalized spacial score (nSPS) is 10.4. The summed E-state index contributed by atoms with van der Waals surface area (Å²) in [5, 5.41) is 2.82. The van der Waals surface area contributed by atoms with Gasteiger partial charge in [-0.3, -0.25) is 4.79 Å². The summed E-state index contributed by atoms with van der Waals surface area (Å²) in [4.78, 5) is 11.8. The first-order valence-electron chi connectivity index (χ1n) is 7.25. The van der Waals surface area contributed by atoms with Gasteiger partial charge in [0.25, 0.3) is 5.91 Å². The van der Waals surface area contributed by atoms with Crippen LogP contribution in [0.25, 0.3) is 0 Å². The average molecular weight is 287 g/mol. The number of rotatable bonds is 7. The molecule has 1 heterocycles. The molecule has 1 N–H and O–H groups in total. The second-order valence-electron chi connectivity index (χ2n) is 4.98. The Morgan fingerprint density at radius 3 is 2.90 bits per heavy atom. The highest BCUT2D eigenvalue weighted by Gasteiger charge is 2.10. The lowest BCUT2D eigenvalue weighted by atomic mass is 10.2. The molecule has 0 aliphatic heterocycles. The molecule has 4 heteroatoms. The van der Waals surface area contributed by atoms with Crippen LogP contribution in [-0.4, -0.2) is 12.5 Å². The number of hydrogen-bond donors (Lipinski definition) is 1. The van der Waals surface area contributed by atoms with E-state index in [0.29, 0.717) is 24.7 Å². The maximum Gasteiger partial charge on any atom is 0.286 e. The Labute approximate surface area is 125 Å². The first kappa shape index (κ1) is 15.2. The Morgan fingerprint density at radius 2 is 2.14 bits per heavy atom. The third kappa shape index (κ3) is 4.67. The van der Waals surface area contributed by atoms with Crippen molar-refractivity contribution in [3.05, 3.63) is 53.5 Å². The van der Waals surface area contributed by atoms with Crippen molar-refractivity contribution in [3.8, 4) is 5.75 Å². The third-order valence-corrected chi connectivity index (χ3v) is 3.07. The first-order valence-corrected chi connectivity index (χ1v) is 7.25. The SMILES string of the molecule is CCCCNC(=O)c1ccc(COc2cccc(C)c2)o1. The van der Waals surface area contributed by atoms with Crippen LogP contribution < -0.4 is 10.1 Å². The molecule has 1 aromatic carbocycles. The number of carbonyl (C=O) groups is 1. The average Bonchev–Trinajstić information content (AvgIpc) is 2.94. The van der Waals surface area contributed by atoms with Gasteiger partial charge in [0.2, 0.25) is 0 Å². The van der Waals surface area contributed by atoms with E-state index in [0.717, 1.165) is 24.2 Å². The Bertz CT molecular complexity index is 589. The molecule has 0 bridgehead atoms. The van der Waals surface area contributed by atoms with E-state index in [-0.39, 0.29) is 5.91 Å². The van der Waals surface area contributed by atoms with Crippen LogP contribution in [0.4, 0.5) is 0 Å². The van der Waals surface area contributed by atoms with E-state index >= 15 is 0 Å². The highest BCUT2D eigenvalue weighted by atomic mass is 16.5. The predicted molar refractivity (Wildman–Crippen MR) is 81.5 cm³/mol. The summed E-state index contributed by atoms with van der Waals surface area (Å²) >= 11 is 0. The van der Waals surface area contributed by atoms with Gasteiger partial charge in [-0.2, -0.15) is 0 Å². The quantitative estimate of drug-likeness (QED) is 0.790. The molecule has 2 aromatic rings. The standard InChI is InChI=1S/C17H21NO3/c1-3-4-10-18-17(19)16-9-8-15(21-16)12-20-14-7-5-6-13(2)11-14/h5-9,11H,3-4,10,12H2,1-2H3,(H,18,19). The molecule has 0 aliphatic rings. The van der Waals surface area contributed by atoms with Crippen LogP contribution in [0.3, 0.4) is 0 Å². The maximum absolute atomic E-state index is 11.8. The predicted octanol–water partition coefficient (Wildman–Crippen LogP) is 3.70. The van der Waals surface area contributed by atoms with Gasteiger partial charge >= 0.3 is 0 Å². The van der Waals surface area contributed by atoms with Crippen molar-refractivity contribution in [3.63, 3.8) is 0 Å². The molecule has 0 saturated carbocycles. The lowest BCUT2D eigenvalue weighted by molar-refractivity contribution is 0.0921. The number of hydrogen-bond acceptors (Lipinski definition) is 3. The fraction of sp³-hybridized carbons (Fsp3) is 0.353. The van der Waals surface area contributed by atoms with Crippen LogP contribution in [0.2, 0.25) is 0 Å². The number of carbonyl (C=O) groups excluding carboxylic acids is 1. The molecule has 2 rings (SSSR count). The van der Waals surface area contributed by atoms with Crippen LogP contribution in [0.5, 0.6) is 5.75 Å². The van der Waals surface area contributed by atoms with E-state index in [1.54, 1.807) is 12.1 Å². The molecule has 0 aliphatic carbocycles. The lowest BCUT2D eigenvalue weighted by Gasteiger charge is -2.05. The van der Waals surface area contributed by atoms with Crippen molar-refractivity contribution >= 4 is 5.91 Å². The molecule has 112 valence electrons. The highest BCUT2D eigenvalue weighted by Crippen LogP contribution is 2.15. The smallest absolute Gasteiger partial charge is 0.286 e. The molecule has 0 unspecified atom stereocenters. The molecular weight excluding hydrogens is 266 g/mol. The summed E-state index contributed by atoms with van der Waals surface area (Å²) in [6.45, 7) is 5.08. The number of amides is 1. The molecule has 0 spiro atoms. The van der Waals surface area contributed by atoms with Gasteiger partial charge in [-0.1, -0.05) is 25.5 Å². The van der Waals surface area contributed by atoms with Crippen molar-refractivity contribution in [1.82, 2.24) is 5.32 Å². The second-order valence-corrected chi connectivity index (χ2v) is 4.98. The van der Waals surface area contributed by atoms with Gasteiger partial charge in [0, 0.05) is 6.54 Å². The van der Waals surface area contributed by atoms with Crippen molar-refractivity contribution < 1.29 is 13.9 Å². The number of nitrogens with one attached hydrogen (secondary N) is 1. The van der Waals surface area contributed by atoms with Gasteiger partial charge < -0.3 is 14.5 Å². The second kappa shape index (κ2) is 7.53. The summed E-state index contributed by atoms with van der Waals surface area (Å²) in [6, 6.07) is 11.3. The number of aryl methyl sites for hydroxylation is 1. The molecule has 0 radical (unpaired) electrons. The molecule has 0 fully saturated rings. The molecule has 0 saturated heterocycles. The van der Waals surface area contributed by atoms with E-state index in [1.807, 2.05) is 31.2 Å². The van der Waals surface area contributed by atoms with Gasteiger partial charge in [-0.15, -0.1) is 0 Å². The maximum atomic E-state index is 11.8. The number of furan rings is 1. The number of unbranched alkanes of at least 4 members (excludes halogenated alkanes) is 1. The third-order valence-electron chi connectivity index (χ3n) is 3.07. The van der Waals surface area contributed by atoms with E-state index < -0.39 is 0 Å². The van der Waals surface area contributed by atoms with Crippen molar-refractivity contribution in [2.75, 3.05) is 6.54 Å². The fourth-order valence-corrected chi connectivity index (χ4v) is 1.90. The van der Waals surface area contributed by atoms with Gasteiger partial charge in [-0.25, -0.2) is 0 Å². The zero-order chi connectivity index (χ0) is 15.1.